The number of rotatable bonds is 2. The number of aromatic amines is 1. The number of H-pyrrole nitrogens is 1. The lowest BCUT2D eigenvalue weighted by Gasteiger charge is -2.25. The zero-order chi connectivity index (χ0) is 12.4. The van der Waals surface area contributed by atoms with Gasteiger partial charge in [0.1, 0.15) is 0 Å². The van der Waals surface area contributed by atoms with E-state index in [0.29, 0.717) is 0 Å². The van der Waals surface area contributed by atoms with Gasteiger partial charge in [-0.2, -0.15) is 4.98 Å². The van der Waals surface area contributed by atoms with Gasteiger partial charge in [-0.25, -0.2) is 0 Å². The van der Waals surface area contributed by atoms with Crippen molar-refractivity contribution in [3.05, 3.63) is 29.8 Å². The average molecular weight is 243 g/mol. The van der Waals surface area contributed by atoms with E-state index in [0.717, 1.165) is 43.5 Å². The van der Waals surface area contributed by atoms with Crippen LogP contribution in [0.15, 0.2) is 24.3 Å². The Labute approximate surface area is 106 Å². The Morgan fingerprint density at radius 1 is 1.22 bits per heavy atom. The van der Waals surface area contributed by atoms with Crippen molar-refractivity contribution >= 4 is 5.95 Å². The van der Waals surface area contributed by atoms with Crippen molar-refractivity contribution in [2.45, 2.75) is 6.92 Å². The highest BCUT2D eigenvalue weighted by atomic mass is 15.4. The van der Waals surface area contributed by atoms with Gasteiger partial charge in [0.2, 0.25) is 5.95 Å². The summed E-state index contributed by atoms with van der Waals surface area (Å²) in [5.74, 6) is 1.64. The van der Waals surface area contributed by atoms with Gasteiger partial charge in [0, 0.05) is 31.7 Å². The second-order valence-corrected chi connectivity index (χ2v) is 4.59. The maximum atomic E-state index is 4.58. The van der Waals surface area contributed by atoms with Gasteiger partial charge in [-0.3, -0.25) is 5.10 Å². The Hall–Kier alpha value is -1.88. The third kappa shape index (κ3) is 2.22. The summed E-state index contributed by atoms with van der Waals surface area (Å²) in [7, 11) is 0. The van der Waals surface area contributed by atoms with Crippen LogP contribution in [0.4, 0.5) is 5.95 Å². The highest BCUT2D eigenvalue weighted by Gasteiger charge is 2.15. The number of nitrogens with one attached hydrogen (secondary N) is 2. The smallest absolute Gasteiger partial charge is 0.245 e. The number of piperazine rings is 1. The maximum absolute atomic E-state index is 4.58. The minimum atomic E-state index is 0.799. The van der Waals surface area contributed by atoms with E-state index < -0.39 is 0 Å². The molecule has 0 bridgehead atoms. The van der Waals surface area contributed by atoms with E-state index in [1.165, 1.54) is 5.56 Å². The molecule has 5 nitrogen and oxygen atoms in total. The van der Waals surface area contributed by atoms with Gasteiger partial charge >= 0.3 is 0 Å². The number of nitrogens with zero attached hydrogens (tertiary/aromatic N) is 3. The van der Waals surface area contributed by atoms with E-state index in [-0.39, 0.29) is 0 Å². The molecule has 1 aromatic heterocycles. The first-order valence-electron chi connectivity index (χ1n) is 6.28. The third-order valence-electron chi connectivity index (χ3n) is 3.16. The molecule has 94 valence electrons. The van der Waals surface area contributed by atoms with Crippen molar-refractivity contribution in [3.8, 4) is 11.4 Å². The van der Waals surface area contributed by atoms with Crippen LogP contribution in [0, 0.1) is 6.92 Å². The van der Waals surface area contributed by atoms with E-state index in [9.17, 15) is 0 Å². The largest absolute Gasteiger partial charge is 0.337 e. The van der Waals surface area contributed by atoms with E-state index in [2.05, 4.69) is 50.5 Å². The molecule has 0 aliphatic carbocycles. The minimum Gasteiger partial charge on any atom is -0.337 e. The van der Waals surface area contributed by atoms with Gasteiger partial charge < -0.3 is 10.2 Å². The zero-order valence-corrected chi connectivity index (χ0v) is 10.5. The average Bonchev–Trinajstić information content (AvgIpc) is 2.89. The van der Waals surface area contributed by atoms with Crippen LogP contribution in [-0.4, -0.2) is 41.4 Å². The Kier molecular flexibility index (Phi) is 2.98. The molecule has 1 aromatic carbocycles. The van der Waals surface area contributed by atoms with Crippen LogP contribution < -0.4 is 10.2 Å². The van der Waals surface area contributed by atoms with Crippen LogP contribution in [-0.2, 0) is 0 Å². The van der Waals surface area contributed by atoms with E-state index >= 15 is 0 Å². The second kappa shape index (κ2) is 4.78. The molecule has 0 radical (unpaired) electrons. The molecule has 3 rings (SSSR count). The molecule has 1 aliphatic rings. The lowest BCUT2D eigenvalue weighted by molar-refractivity contribution is 0.580. The molecule has 1 fully saturated rings. The number of aromatic nitrogens is 3. The molecule has 1 aliphatic heterocycles. The fourth-order valence-corrected chi connectivity index (χ4v) is 2.18. The van der Waals surface area contributed by atoms with Gasteiger partial charge in [0.25, 0.3) is 0 Å². The molecule has 0 saturated carbocycles. The number of hydrogen-bond donors (Lipinski definition) is 2. The quantitative estimate of drug-likeness (QED) is 0.832. The van der Waals surface area contributed by atoms with Crippen molar-refractivity contribution in [2.75, 3.05) is 31.1 Å². The standard InChI is InChI=1S/C13H17N5/c1-10-3-2-4-11(9-10)12-15-13(17-16-12)18-7-5-14-6-8-18/h2-4,9,14H,5-8H2,1H3,(H,15,16,17). The Bertz CT molecular complexity index is 528. The Morgan fingerprint density at radius 3 is 2.83 bits per heavy atom. The summed E-state index contributed by atoms with van der Waals surface area (Å²) < 4.78 is 0. The van der Waals surface area contributed by atoms with E-state index in [1.807, 2.05) is 6.07 Å². The predicted molar refractivity (Wildman–Crippen MR) is 71.6 cm³/mol. The molecule has 1 saturated heterocycles. The van der Waals surface area contributed by atoms with Crippen LogP contribution in [0.1, 0.15) is 5.56 Å². The first-order valence-corrected chi connectivity index (χ1v) is 6.28. The Morgan fingerprint density at radius 2 is 2.06 bits per heavy atom. The molecule has 0 atom stereocenters. The van der Waals surface area contributed by atoms with Crippen molar-refractivity contribution in [3.63, 3.8) is 0 Å². The van der Waals surface area contributed by atoms with E-state index in [4.69, 9.17) is 0 Å². The molecule has 0 spiro atoms. The maximum Gasteiger partial charge on any atom is 0.245 e. The second-order valence-electron chi connectivity index (χ2n) is 4.59. The molecular weight excluding hydrogens is 226 g/mol. The van der Waals surface area contributed by atoms with Gasteiger partial charge in [0.15, 0.2) is 5.82 Å². The lowest BCUT2D eigenvalue weighted by atomic mass is 10.1. The zero-order valence-electron chi connectivity index (χ0n) is 10.5. The molecule has 0 amide bonds. The number of aryl methyl sites for hydroxylation is 1. The van der Waals surface area contributed by atoms with Crippen LogP contribution in [0.2, 0.25) is 0 Å². The van der Waals surface area contributed by atoms with Crippen molar-refractivity contribution in [2.24, 2.45) is 0 Å². The van der Waals surface area contributed by atoms with Gasteiger partial charge in [-0.15, -0.1) is 5.10 Å². The molecule has 0 unspecified atom stereocenters. The fraction of sp³-hybridized carbons (Fsp3) is 0.385. The van der Waals surface area contributed by atoms with Crippen molar-refractivity contribution in [1.82, 2.24) is 20.5 Å². The van der Waals surface area contributed by atoms with Crippen molar-refractivity contribution < 1.29 is 0 Å². The molecule has 18 heavy (non-hydrogen) atoms. The molecule has 2 N–H and O–H groups in total. The van der Waals surface area contributed by atoms with Gasteiger partial charge in [-0.05, 0) is 13.0 Å². The van der Waals surface area contributed by atoms with Crippen molar-refractivity contribution in [1.29, 1.82) is 0 Å². The lowest BCUT2D eigenvalue weighted by Crippen LogP contribution is -2.44. The van der Waals surface area contributed by atoms with Gasteiger partial charge in [-0.1, -0.05) is 23.8 Å². The number of benzene rings is 1. The third-order valence-corrected chi connectivity index (χ3v) is 3.16. The predicted octanol–water partition coefficient (Wildman–Crippen LogP) is 1.19. The molecular formula is C13H17N5. The summed E-state index contributed by atoms with van der Waals surface area (Å²) in [6.45, 7) is 6.00. The molecule has 2 aromatic rings. The highest BCUT2D eigenvalue weighted by molar-refractivity contribution is 5.57. The minimum absolute atomic E-state index is 0.799. The number of hydrogen-bond acceptors (Lipinski definition) is 4. The van der Waals surface area contributed by atoms with Crippen LogP contribution >= 0.6 is 0 Å². The molecule has 2 heterocycles. The fourth-order valence-electron chi connectivity index (χ4n) is 2.18. The summed E-state index contributed by atoms with van der Waals surface area (Å²) >= 11 is 0. The normalized spacial score (nSPS) is 15.9. The van der Waals surface area contributed by atoms with Crippen LogP contribution in [0.3, 0.4) is 0 Å². The van der Waals surface area contributed by atoms with Gasteiger partial charge in [0.05, 0.1) is 0 Å². The summed E-state index contributed by atoms with van der Waals surface area (Å²) in [5, 5.41) is 10.7. The summed E-state index contributed by atoms with van der Waals surface area (Å²) in [6, 6.07) is 8.28. The summed E-state index contributed by atoms with van der Waals surface area (Å²) in [6.07, 6.45) is 0. The Balaban J connectivity index is 1.84. The van der Waals surface area contributed by atoms with E-state index in [1.54, 1.807) is 0 Å². The topological polar surface area (TPSA) is 56.8 Å². The highest BCUT2D eigenvalue weighted by Crippen LogP contribution is 2.18. The first-order chi connectivity index (χ1) is 8.83. The van der Waals surface area contributed by atoms with Crippen LogP contribution in [0.25, 0.3) is 11.4 Å². The SMILES string of the molecule is Cc1cccc(-c2nc(N3CCNCC3)n[nH]2)c1. The monoisotopic (exact) mass is 243 g/mol. The summed E-state index contributed by atoms with van der Waals surface area (Å²) in [4.78, 5) is 6.78. The first kappa shape index (κ1) is 11.2. The summed E-state index contributed by atoms with van der Waals surface area (Å²) in [5.41, 5.74) is 2.32. The molecule has 5 heteroatoms. The van der Waals surface area contributed by atoms with Crippen LogP contribution in [0.5, 0.6) is 0 Å². The number of anilines is 1.